The highest BCUT2D eigenvalue weighted by Gasteiger charge is 2.69. The van der Waals surface area contributed by atoms with Crippen LogP contribution in [0.3, 0.4) is 0 Å². The van der Waals surface area contributed by atoms with E-state index in [1.54, 1.807) is 12.7 Å². The molecule has 1 aliphatic heterocycles. The SMILES string of the molecule is COc1ccccc1N1CCN(C(=O)C2(C)CC[C@]3(C)CC[C@]4(C)C(=CCC5[C@@]6(C)C(OC(=O)C=CC(=O)O)CCC(C)(C)C6CC[C@]54C)[C@@H]3C2)CC1. The van der Waals surface area contributed by atoms with Crippen molar-refractivity contribution < 1.29 is 29.0 Å². The number of anilines is 1. The van der Waals surface area contributed by atoms with E-state index in [4.69, 9.17) is 14.6 Å². The van der Waals surface area contributed by atoms with Crippen molar-refractivity contribution in [2.75, 3.05) is 38.2 Å². The summed E-state index contributed by atoms with van der Waals surface area (Å²) < 4.78 is 11.9. The molecule has 5 aliphatic carbocycles. The molecule has 0 spiro atoms. The Bertz CT molecular complexity index is 1690. The molecular weight excluding hydrogens is 665 g/mol. The van der Waals surface area contributed by atoms with Crippen molar-refractivity contribution in [3.63, 3.8) is 0 Å². The molecule has 8 nitrogen and oxygen atoms in total. The van der Waals surface area contributed by atoms with Crippen LogP contribution < -0.4 is 9.64 Å². The predicted octanol–water partition coefficient (Wildman–Crippen LogP) is 8.70. The van der Waals surface area contributed by atoms with Crippen LogP contribution in [0.15, 0.2) is 48.1 Å². The highest BCUT2D eigenvalue weighted by Crippen LogP contribution is 2.76. The van der Waals surface area contributed by atoms with Gasteiger partial charge in [-0.3, -0.25) is 4.79 Å². The molecule has 4 unspecified atom stereocenters. The molecule has 6 aliphatic rings. The molecule has 7 rings (SSSR count). The van der Waals surface area contributed by atoms with Crippen LogP contribution in [0.1, 0.15) is 113 Å². The molecule has 5 fully saturated rings. The fourth-order valence-electron chi connectivity index (χ4n) is 13.4. The summed E-state index contributed by atoms with van der Waals surface area (Å²) in [4.78, 5) is 43.3. The van der Waals surface area contributed by atoms with Crippen molar-refractivity contribution in [3.05, 3.63) is 48.1 Å². The normalized spacial score (nSPS) is 40.6. The van der Waals surface area contributed by atoms with Gasteiger partial charge in [0.2, 0.25) is 5.91 Å². The Morgan fingerprint density at radius 3 is 2.23 bits per heavy atom. The van der Waals surface area contributed by atoms with Crippen molar-refractivity contribution in [2.45, 2.75) is 119 Å². The third-order valence-electron chi connectivity index (χ3n) is 16.8. The maximum absolute atomic E-state index is 14.6. The van der Waals surface area contributed by atoms with E-state index in [0.29, 0.717) is 23.7 Å². The average molecular weight is 729 g/mol. The number of ether oxygens (including phenoxy) is 2. The minimum absolute atomic E-state index is 0.00528. The second-order valence-corrected chi connectivity index (χ2v) is 19.7. The van der Waals surface area contributed by atoms with E-state index in [1.165, 1.54) is 6.42 Å². The summed E-state index contributed by atoms with van der Waals surface area (Å²) in [5.74, 6) is 0.588. The second-order valence-electron chi connectivity index (χ2n) is 19.7. The molecule has 0 bridgehead atoms. The molecule has 1 amide bonds. The first kappa shape index (κ1) is 38.0. The topological polar surface area (TPSA) is 96.4 Å². The van der Waals surface area contributed by atoms with Crippen molar-refractivity contribution >= 4 is 23.5 Å². The number of benzene rings is 1. The molecule has 8 heteroatoms. The summed E-state index contributed by atoms with van der Waals surface area (Å²) in [6.07, 6.45) is 14.5. The summed E-state index contributed by atoms with van der Waals surface area (Å²) in [5.41, 5.74) is 2.35. The summed E-state index contributed by atoms with van der Waals surface area (Å²) in [6, 6.07) is 8.16. The number of piperazine rings is 1. The summed E-state index contributed by atoms with van der Waals surface area (Å²) in [6.45, 7) is 20.1. The lowest BCUT2D eigenvalue weighted by molar-refractivity contribution is -0.228. The highest BCUT2D eigenvalue weighted by atomic mass is 16.5. The average Bonchev–Trinajstić information content (AvgIpc) is 3.12. The maximum Gasteiger partial charge on any atom is 0.331 e. The first-order chi connectivity index (χ1) is 24.9. The molecule has 0 aromatic heterocycles. The Hall–Kier alpha value is -3.29. The number of aliphatic carboxylic acids is 1. The Morgan fingerprint density at radius 2 is 1.53 bits per heavy atom. The fraction of sp³-hybridized carbons (Fsp3) is 0.711. The van der Waals surface area contributed by atoms with Gasteiger partial charge in [-0.05, 0) is 116 Å². The number of rotatable bonds is 6. The Labute approximate surface area is 317 Å². The summed E-state index contributed by atoms with van der Waals surface area (Å²) in [5, 5.41) is 9.17. The number of allylic oxidation sites excluding steroid dienone is 2. The third kappa shape index (κ3) is 5.94. The minimum Gasteiger partial charge on any atom is -0.495 e. The highest BCUT2D eigenvalue weighted by molar-refractivity contribution is 5.90. The van der Waals surface area contributed by atoms with E-state index in [2.05, 4.69) is 70.4 Å². The molecule has 9 atom stereocenters. The standard InChI is InChI=1S/C45H64N2O6/c1-40(2)19-18-36(53-38(50)16-15-37(48)49)45(7)34(40)17-20-44(6)35(45)14-13-30-31-29-42(4,22-21-41(31,3)23-24-43(30,44)5)39(51)47-27-25-46(26-28-47)32-11-9-10-12-33(32)52-8/h9-13,15-16,31,34-36H,14,17-29H2,1-8H3,(H,48,49)/t31-,34?,35?,36?,41+,42?,43+,44+,45-/m0/s1. The molecule has 1 aromatic carbocycles. The van der Waals surface area contributed by atoms with Crippen LogP contribution in [0.2, 0.25) is 0 Å². The number of esters is 1. The zero-order valence-corrected chi connectivity index (χ0v) is 33.6. The molecule has 1 saturated heterocycles. The summed E-state index contributed by atoms with van der Waals surface area (Å²) in [7, 11) is 1.72. The van der Waals surface area contributed by atoms with E-state index in [0.717, 1.165) is 108 Å². The molecule has 1 heterocycles. The van der Waals surface area contributed by atoms with Crippen LogP contribution >= 0.6 is 0 Å². The number of carbonyl (C=O) groups excluding carboxylic acids is 2. The van der Waals surface area contributed by atoms with Gasteiger partial charge in [-0.25, -0.2) is 9.59 Å². The van der Waals surface area contributed by atoms with Crippen LogP contribution in [-0.2, 0) is 19.1 Å². The van der Waals surface area contributed by atoms with Crippen LogP contribution in [0.5, 0.6) is 5.75 Å². The Kier molecular flexibility index (Phi) is 9.45. The van der Waals surface area contributed by atoms with E-state index < -0.39 is 17.4 Å². The predicted molar refractivity (Wildman–Crippen MR) is 207 cm³/mol. The molecular formula is C45H64N2O6. The molecule has 1 N–H and O–H groups in total. The molecule has 0 radical (unpaired) electrons. The minimum atomic E-state index is -1.14. The fourth-order valence-corrected chi connectivity index (χ4v) is 13.4. The van der Waals surface area contributed by atoms with Crippen molar-refractivity contribution in [3.8, 4) is 5.75 Å². The van der Waals surface area contributed by atoms with Gasteiger partial charge in [-0.15, -0.1) is 0 Å². The van der Waals surface area contributed by atoms with E-state index >= 15 is 0 Å². The van der Waals surface area contributed by atoms with Crippen molar-refractivity contribution in [1.82, 2.24) is 4.90 Å². The zero-order valence-electron chi connectivity index (χ0n) is 33.6. The Morgan fingerprint density at radius 1 is 0.830 bits per heavy atom. The van der Waals surface area contributed by atoms with Gasteiger partial charge in [0.25, 0.3) is 0 Å². The lowest BCUT2D eigenvalue weighted by Gasteiger charge is -2.71. The van der Waals surface area contributed by atoms with Gasteiger partial charge >= 0.3 is 11.9 Å². The van der Waals surface area contributed by atoms with Crippen molar-refractivity contribution in [1.29, 1.82) is 0 Å². The van der Waals surface area contributed by atoms with E-state index in [9.17, 15) is 14.4 Å². The van der Waals surface area contributed by atoms with Crippen molar-refractivity contribution in [2.24, 2.45) is 50.2 Å². The quantitative estimate of drug-likeness (QED) is 0.178. The van der Waals surface area contributed by atoms with Gasteiger partial charge in [-0.2, -0.15) is 0 Å². The number of nitrogens with zero attached hydrogens (tertiary/aromatic N) is 2. The van der Waals surface area contributed by atoms with Gasteiger partial charge in [0, 0.05) is 49.2 Å². The van der Waals surface area contributed by atoms with E-state index in [1.807, 2.05) is 18.2 Å². The second kappa shape index (κ2) is 13.2. The number of para-hydroxylation sites is 2. The van der Waals surface area contributed by atoms with Crippen LogP contribution in [0, 0.1) is 50.2 Å². The number of hydrogen-bond acceptors (Lipinski definition) is 6. The van der Waals surface area contributed by atoms with Crippen LogP contribution in [0.25, 0.3) is 0 Å². The first-order valence-electron chi connectivity index (χ1n) is 20.4. The summed E-state index contributed by atoms with van der Waals surface area (Å²) >= 11 is 0. The van der Waals surface area contributed by atoms with Gasteiger partial charge < -0.3 is 24.4 Å². The largest absolute Gasteiger partial charge is 0.495 e. The van der Waals surface area contributed by atoms with Gasteiger partial charge in [0.1, 0.15) is 11.9 Å². The van der Waals surface area contributed by atoms with Crippen LogP contribution in [0.4, 0.5) is 5.69 Å². The maximum atomic E-state index is 14.6. The molecule has 290 valence electrons. The number of fused-ring (bicyclic) bond motifs is 7. The number of carbonyl (C=O) groups is 3. The zero-order chi connectivity index (χ0) is 38.2. The number of amides is 1. The van der Waals surface area contributed by atoms with Gasteiger partial charge in [0.15, 0.2) is 0 Å². The van der Waals surface area contributed by atoms with Crippen LogP contribution in [-0.4, -0.2) is 67.2 Å². The molecule has 53 heavy (non-hydrogen) atoms. The van der Waals surface area contributed by atoms with Gasteiger partial charge in [-0.1, -0.05) is 72.2 Å². The number of carboxylic acid groups (broad SMARTS) is 1. The van der Waals surface area contributed by atoms with E-state index in [-0.39, 0.29) is 33.2 Å². The lowest BCUT2D eigenvalue weighted by Crippen LogP contribution is -2.66. The van der Waals surface area contributed by atoms with Gasteiger partial charge in [0.05, 0.1) is 12.8 Å². The molecule has 4 saturated carbocycles. The Balaban J connectivity index is 1.15. The first-order valence-corrected chi connectivity index (χ1v) is 20.4. The lowest BCUT2D eigenvalue weighted by atomic mass is 9.33. The third-order valence-corrected chi connectivity index (χ3v) is 16.8. The number of methoxy groups -OCH3 is 1. The number of hydrogen-bond donors (Lipinski definition) is 1. The number of carboxylic acids is 1. The monoisotopic (exact) mass is 728 g/mol. The smallest absolute Gasteiger partial charge is 0.331 e. The molecule has 1 aromatic rings.